The first-order valence-corrected chi connectivity index (χ1v) is 6.17. The highest BCUT2D eigenvalue weighted by Gasteiger charge is 2.29. The van der Waals surface area contributed by atoms with Gasteiger partial charge in [0.1, 0.15) is 17.4 Å². The number of aliphatic hydroxyl groups is 1. The van der Waals surface area contributed by atoms with Crippen molar-refractivity contribution >= 4 is 5.97 Å². The molecule has 1 heterocycles. The van der Waals surface area contributed by atoms with Crippen LogP contribution in [0.1, 0.15) is 29.6 Å². The fraction of sp³-hybridized carbons (Fsp3) is 0.462. The average Bonchev–Trinajstić information content (AvgIpc) is 2.97. The first-order valence-electron chi connectivity index (χ1n) is 6.17. The molecular weight excluding hydrogens is 252 g/mol. The summed E-state index contributed by atoms with van der Waals surface area (Å²) in [5, 5.41) is 18.9. The van der Waals surface area contributed by atoms with E-state index in [-0.39, 0.29) is 24.2 Å². The Hall–Kier alpha value is -1.95. The number of rotatable bonds is 3. The van der Waals surface area contributed by atoms with Crippen LogP contribution >= 0.6 is 0 Å². The summed E-state index contributed by atoms with van der Waals surface area (Å²) in [6.45, 7) is 0.0733. The summed E-state index contributed by atoms with van der Waals surface area (Å²) in [5.41, 5.74) is 0.0170. The Morgan fingerprint density at radius 2 is 2.00 bits per heavy atom. The van der Waals surface area contributed by atoms with Crippen LogP contribution in [0.4, 0.5) is 0 Å². The number of fused-ring (bicyclic) bond motifs is 1. The second-order valence-corrected chi connectivity index (χ2v) is 4.66. The second kappa shape index (κ2) is 4.62. The summed E-state index contributed by atoms with van der Waals surface area (Å²) >= 11 is 0. The van der Waals surface area contributed by atoms with Crippen LogP contribution in [0.25, 0.3) is 0 Å². The van der Waals surface area contributed by atoms with Gasteiger partial charge in [-0.3, -0.25) is 0 Å². The van der Waals surface area contributed by atoms with Crippen LogP contribution < -0.4 is 14.2 Å². The molecule has 0 spiro atoms. The molecule has 102 valence electrons. The number of hydrogen-bond donors (Lipinski definition) is 2. The van der Waals surface area contributed by atoms with E-state index >= 15 is 0 Å². The highest BCUT2D eigenvalue weighted by atomic mass is 16.7. The molecule has 1 fully saturated rings. The Morgan fingerprint density at radius 3 is 2.63 bits per heavy atom. The third kappa shape index (κ3) is 2.19. The zero-order chi connectivity index (χ0) is 13.4. The number of carbonyl (C=O) groups is 1. The molecule has 0 bridgehead atoms. The van der Waals surface area contributed by atoms with Crippen molar-refractivity contribution in [3.63, 3.8) is 0 Å². The molecule has 0 amide bonds. The van der Waals surface area contributed by atoms with E-state index in [2.05, 4.69) is 0 Å². The van der Waals surface area contributed by atoms with E-state index in [0.29, 0.717) is 24.3 Å². The summed E-state index contributed by atoms with van der Waals surface area (Å²) in [5.74, 6) is -0.0207. The van der Waals surface area contributed by atoms with Gasteiger partial charge in [-0.05, 0) is 19.3 Å². The molecule has 2 aliphatic rings. The first-order chi connectivity index (χ1) is 9.15. The Labute approximate surface area is 109 Å². The van der Waals surface area contributed by atoms with Crippen molar-refractivity contribution in [3.8, 4) is 17.2 Å². The molecule has 1 aliphatic carbocycles. The minimum Gasteiger partial charge on any atom is -0.487 e. The molecule has 3 rings (SSSR count). The molecule has 1 aliphatic heterocycles. The Kier molecular flexibility index (Phi) is 2.94. The Morgan fingerprint density at radius 1 is 1.26 bits per heavy atom. The van der Waals surface area contributed by atoms with Crippen molar-refractivity contribution in [2.45, 2.75) is 31.5 Å². The summed E-state index contributed by atoms with van der Waals surface area (Å²) in [6, 6.07) is 2.90. The highest BCUT2D eigenvalue weighted by Crippen LogP contribution is 2.39. The van der Waals surface area contributed by atoms with E-state index in [1.165, 1.54) is 12.1 Å². The fourth-order valence-electron chi connectivity index (χ4n) is 2.39. The van der Waals surface area contributed by atoms with Gasteiger partial charge >= 0.3 is 5.97 Å². The predicted octanol–water partition coefficient (Wildman–Crippen LogP) is 1.41. The number of carboxylic acid groups (broad SMARTS) is 1. The molecule has 2 N–H and O–H groups in total. The van der Waals surface area contributed by atoms with Crippen molar-refractivity contribution in [2.75, 3.05) is 6.79 Å². The molecule has 1 aromatic carbocycles. The SMILES string of the molecule is O=C(O)c1cc2c(cc1OC1CCCC1O)OCO2. The maximum absolute atomic E-state index is 11.2. The largest absolute Gasteiger partial charge is 0.487 e. The lowest BCUT2D eigenvalue weighted by molar-refractivity contribution is 0.0559. The second-order valence-electron chi connectivity index (χ2n) is 4.66. The quantitative estimate of drug-likeness (QED) is 0.860. The molecule has 1 saturated carbocycles. The Balaban J connectivity index is 1.92. The number of carboxylic acids is 1. The topological polar surface area (TPSA) is 85.2 Å². The van der Waals surface area contributed by atoms with Gasteiger partial charge in [0, 0.05) is 12.1 Å². The zero-order valence-corrected chi connectivity index (χ0v) is 10.2. The van der Waals surface area contributed by atoms with E-state index < -0.39 is 12.1 Å². The highest BCUT2D eigenvalue weighted by molar-refractivity contribution is 5.92. The van der Waals surface area contributed by atoms with E-state index in [4.69, 9.17) is 14.2 Å². The molecular formula is C13H14O6. The molecule has 19 heavy (non-hydrogen) atoms. The Bertz CT molecular complexity index is 512. The smallest absolute Gasteiger partial charge is 0.339 e. The number of aromatic carboxylic acids is 1. The van der Waals surface area contributed by atoms with Gasteiger partial charge in [0.15, 0.2) is 11.5 Å². The molecule has 0 radical (unpaired) electrons. The number of aliphatic hydroxyl groups excluding tert-OH is 1. The monoisotopic (exact) mass is 266 g/mol. The minimum atomic E-state index is -1.10. The van der Waals surface area contributed by atoms with E-state index in [1.54, 1.807) is 0 Å². The maximum atomic E-state index is 11.2. The summed E-state index contributed by atoms with van der Waals surface area (Å²) in [4.78, 5) is 11.2. The van der Waals surface area contributed by atoms with Gasteiger partial charge in [-0.2, -0.15) is 0 Å². The zero-order valence-electron chi connectivity index (χ0n) is 10.2. The summed E-state index contributed by atoms with van der Waals surface area (Å²) in [7, 11) is 0. The number of hydrogen-bond acceptors (Lipinski definition) is 5. The molecule has 6 nitrogen and oxygen atoms in total. The summed E-state index contributed by atoms with van der Waals surface area (Å²) < 4.78 is 16.0. The van der Waals surface area contributed by atoms with Crippen LogP contribution in [-0.2, 0) is 0 Å². The van der Waals surface area contributed by atoms with Gasteiger partial charge in [0.25, 0.3) is 0 Å². The normalized spacial score (nSPS) is 24.5. The van der Waals surface area contributed by atoms with Crippen LogP contribution in [0.15, 0.2) is 12.1 Å². The third-order valence-corrected chi connectivity index (χ3v) is 3.40. The fourth-order valence-corrected chi connectivity index (χ4v) is 2.39. The van der Waals surface area contributed by atoms with Gasteiger partial charge in [-0.15, -0.1) is 0 Å². The molecule has 0 aromatic heterocycles. The van der Waals surface area contributed by atoms with Gasteiger partial charge in [-0.1, -0.05) is 0 Å². The first kappa shape index (κ1) is 12.1. The van der Waals surface area contributed by atoms with E-state index in [9.17, 15) is 15.0 Å². The lowest BCUT2D eigenvalue weighted by atomic mass is 10.1. The number of ether oxygens (including phenoxy) is 3. The summed E-state index contributed by atoms with van der Waals surface area (Å²) in [6.07, 6.45) is 1.36. The van der Waals surface area contributed by atoms with Gasteiger partial charge < -0.3 is 24.4 Å². The van der Waals surface area contributed by atoms with Crippen molar-refractivity contribution in [1.29, 1.82) is 0 Å². The molecule has 2 unspecified atom stereocenters. The van der Waals surface area contributed by atoms with Gasteiger partial charge in [0.2, 0.25) is 6.79 Å². The van der Waals surface area contributed by atoms with Crippen LogP contribution in [0.3, 0.4) is 0 Å². The predicted molar refractivity (Wildman–Crippen MR) is 63.8 cm³/mol. The van der Waals surface area contributed by atoms with Crippen LogP contribution in [-0.4, -0.2) is 35.2 Å². The van der Waals surface area contributed by atoms with Gasteiger partial charge in [-0.25, -0.2) is 4.79 Å². The third-order valence-electron chi connectivity index (χ3n) is 3.40. The van der Waals surface area contributed by atoms with Crippen molar-refractivity contribution < 1.29 is 29.2 Å². The van der Waals surface area contributed by atoms with Crippen LogP contribution in [0.5, 0.6) is 17.2 Å². The standard InChI is InChI=1S/C13H14O6/c14-8-2-1-3-9(8)19-10-5-12-11(17-6-18-12)4-7(10)13(15)16/h4-5,8-9,14H,1-3,6H2,(H,15,16). The lowest BCUT2D eigenvalue weighted by Crippen LogP contribution is -2.26. The lowest BCUT2D eigenvalue weighted by Gasteiger charge is -2.18. The van der Waals surface area contributed by atoms with Crippen LogP contribution in [0.2, 0.25) is 0 Å². The van der Waals surface area contributed by atoms with Crippen molar-refractivity contribution in [1.82, 2.24) is 0 Å². The molecule has 2 atom stereocenters. The molecule has 6 heteroatoms. The van der Waals surface area contributed by atoms with E-state index in [1.807, 2.05) is 0 Å². The van der Waals surface area contributed by atoms with Crippen LogP contribution in [0, 0.1) is 0 Å². The van der Waals surface area contributed by atoms with Crippen molar-refractivity contribution in [2.24, 2.45) is 0 Å². The average molecular weight is 266 g/mol. The van der Waals surface area contributed by atoms with Crippen molar-refractivity contribution in [3.05, 3.63) is 17.7 Å². The number of benzene rings is 1. The minimum absolute atomic E-state index is 0.0170. The molecule has 0 saturated heterocycles. The molecule has 1 aromatic rings. The van der Waals surface area contributed by atoms with Gasteiger partial charge in [0.05, 0.1) is 6.10 Å². The maximum Gasteiger partial charge on any atom is 0.339 e. The van der Waals surface area contributed by atoms with E-state index in [0.717, 1.165) is 6.42 Å².